The van der Waals surface area contributed by atoms with E-state index in [9.17, 15) is 9.59 Å². The number of halogens is 2. The van der Waals surface area contributed by atoms with E-state index in [0.717, 1.165) is 5.56 Å². The van der Waals surface area contributed by atoms with Crippen molar-refractivity contribution in [3.8, 4) is 0 Å². The van der Waals surface area contributed by atoms with Gasteiger partial charge in [0, 0.05) is 23.0 Å². The van der Waals surface area contributed by atoms with Gasteiger partial charge in [0.1, 0.15) is 0 Å². The molecule has 1 unspecified atom stereocenters. The van der Waals surface area contributed by atoms with Gasteiger partial charge in [0.15, 0.2) is 0 Å². The molecule has 0 spiro atoms. The smallest absolute Gasteiger partial charge is 0.242 e. The van der Waals surface area contributed by atoms with Crippen LogP contribution in [-0.2, 0) is 9.59 Å². The second-order valence-corrected chi connectivity index (χ2v) is 5.30. The van der Waals surface area contributed by atoms with Crippen LogP contribution in [0.3, 0.4) is 0 Å². The summed E-state index contributed by atoms with van der Waals surface area (Å²) in [7, 11) is 0. The molecule has 1 saturated heterocycles. The van der Waals surface area contributed by atoms with Crippen molar-refractivity contribution in [3.05, 3.63) is 33.8 Å². The van der Waals surface area contributed by atoms with Gasteiger partial charge in [0.2, 0.25) is 11.8 Å². The van der Waals surface area contributed by atoms with Crippen LogP contribution in [0.15, 0.2) is 18.2 Å². The molecule has 0 radical (unpaired) electrons. The molecule has 1 N–H and O–H groups in total. The highest BCUT2D eigenvalue weighted by Crippen LogP contribution is 2.30. The Morgan fingerprint density at radius 3 is 2.74 bits per heavy atom. The number of nitrogens with one attached hydrogen (secondary N) is 1. The summed E-state index contributed by atoms with van der Waals surface area (Å²) in [5.41, 5.74) is 0.828. The minimum Gasteiger partial charge on any atom is -0.347 e. The summed E-state index contributed by atoms with van der Waals surface area (Å²) in [5.74, 6) is -0.213. The molecule has 1 aliphatic rings. The van der Waals surface area contributed by atoms with Gasteiger partial charge in [0.25, 0.3) is 0 Å². The van der Waals surface area contributed by atoms with Gasteiger partial charge in [-0.25, -0.2) is 0 Å². The zero-order valence-corrected chi connectivity index (χ0v) is 12.0. The first-order valence-electron chi connectivity index (χ1n) is 6.00. The maximum absolute atomic E-state index is 12.0. The Hall–Kier alpha value is -1.26. The fraction of sp³-hybridized carbons (Fsp3) is 0.385. The molecular weight excluding hydrogens is 287 g/mol. The zero-order chi connectivity index (χ0) is 14.0. The fourth-order valence-electron chi connectivity index (χ4n) is 2.13. The molecule has 1 heterocycles. The lowest BCUT2D eigenvalue weighted by atomic mass is 10.1. The van der Waals surface area contributed by atoms with E-state index in [2.05, 4.69) is 5.32 Å². The first-order chi connectivity index (χ1) is 8.99. The van der Waals surface area contributed by atoms with Gasteiger partial charge in [0.05, 0.1) is 12.6 Å². The number of rotatable bonds is 2. The molecule has 19 heavy (non-hydrogen) atoms. The number of nitrogens with zero attached hydrogens (tertiary/aromatic N) is 1. The Labute approximate surface area is 121 Å². The number of amides is 2. The quantitative estimate of drug-likeness (QED) is 0.912. The van der Waals surface area contributed by atoms with E-state index in [4.69, 9.17) is 23.2 Å². The Bertz CT molecular complexity index is 519. The molecule has 0 bridgehead atoms. The van der Waals surface area contributed by atoms with Crippen LogP contribution in [-0.4, -0.2) is 29.8 Å². The molecule has 0 aliphatic carbocycles. The minimum atomic E-state index is -0.190. The van der Waals surface area contributed by atoms with Crippen LogP contribution in [0.5, 0.6) is 0 Å². The van der Waals surface area contributed by atoms with E-state index < -0.39 is 0 Å². The van der Waals surface area contributed by atoms with Crippen LogP contribution in [0, 0.1) is 0 Å². The average molecular weight is 301 g/mol. The molecule has 1 aliphatic heterocycles. The van der Waals surface area contributed by atoms with Gasteiger partial charge in [-0.3, -0.25) is 9.59 Å². The van der Waals surface area contributed by atoms with Crippen LogP contribution in [0.2, 0.25) is 10.0 Å². The van der Waals surface area contributed by atoms with Crippen molar-refractivity contribution in [3.63, 3.8) is 0 Å². The maximum Gasteiger partial charge on any atom is 0.242 e. The maximum atomic E-state index is 12.0. The van der Waals surface area contributed by atoms with Crippen molar-refractivity contribution in [2.75, 3.05) is 13.1 Å². The molecule has 102 valence electrons. The molecule has 0 saturated carbocycles. The lowest BCUT2D eigenvalue weighted by molar-refractivity contribution is -0.132. The summed E-state index contributed by atoms with van der Waals surface area (Å²) in [5, 5.41) is 3.65. The summed E-state index contributed by atoms with van der Waals surface area (Å²) in [4.78, 5) is 25.0. The van der Waals surface area contributed by atoms with Crippen molar-refractivity contribution in [2.24, 2.45) is 0 Å². The van der Waals surface area contributed by atoms with Gasteiger partial charge < -0.3 is 10.2 Å². The van der Waals surface area contributed by atoms with Crippen LogP contribution >= 0.6 is 23.2 Å². The van der Waals surface area contributed by atoms with Crippen molar-refractivity contribution in [2.45, 2.75) is 19.4 Å². The number of carbonyl (C=O) groups is 2. The van der Waals surface area contributed by atoms with Gasteiger partial charge in [-0.2, -0.15) is 0 Å². The molecule has 4 nitrogen and oxygen atoms in total. The largest absolute Gasteiger partial charge is 0.347 e. The third-order valence-corrected chi connectivity index (χ3v) is 3.78. The Morgan fingerprint density at radius 1 is 1.32 bits per heavy atom. The lowest BCUT2D eigenvalue weighted by Gasteiger charge is -2.28. The van der Waals surface area contributed by atoms with Crippen molar-refractivity contribution < 1.29 is 9.59 Å². The third kappa shape index (κ3) is 3.19. The number of carbonyl (C=O) groups excluding carboxylic acids is 2. The summed E-state index contributed by atoms with van der Waals surface area (Å²) >= 11 is 12.0. The fourth-order valence-corrected chi connectivity index (χ4v) is 2.70. The highest BCUT2D eigenvalue weighted by molar-refractivity contribution is 6.35. The lowest BCUT2D eigenvalue weighted by Crippen LogP contribution is -2.37. The first-order valence-corrected chi connectivity index (χ1v) is 6.75. The molecule has 2 rings (SSSR count). The third-order valence-electron chi connectivity index (χ3n) is 3.22. The molecule has 1 atom stereocenters. The molecule has 1 aromatic rings. The van der Waals surface area contributed by atoms with E-state index >= 15 is 0 Å². The normalized spacial score (nSPS) is 17.9. The van der Waals surface area contributed by atoms with Gasteiger partial charge in [-0.1, -0.05) is 29.3 Å². The van der Waals surface area contributed by atoms with Crippen LogP contribution < -0.4 is 5.32 Å². The van der Waals surface area contributed by atoms with Gasteiger partial charge in [-0.05, 0) is 24.6 Å². The van der Waals surface area contributed by atoms with E-state index in [1.165, 1.54) is 0 Å². The van der Waals surface area contributed by atoms with Crippen molar-refractivity contribution in [1.82, 2.24) is 10.2 Å². The van der Waals surface area contributed by atoms with E-state index in [-0.39, 0.29) is 24.4 Å². The van der Waals surface area contributed by atoms with Gasteiger partial charge >= 0.3 is 0 Å². The highest BCUT2D eigenvalue weighted by Gasteiger charge is 2.26. The van der Waals surface area contributed by atoms with Gasteiger partial charge in [-0.15, -0.1) is 0 Å². The summed E-state index contributed by atoms with van der Waals surface area (Å²) in [6.07, 6.45) is 0.307. The Kier molecular flexibility index (Phi) is 4.32. The molecule has 2 amide bonds. The first kappa shape index (κ1) is 14.2. The number of hydrogen-bond acceptors (Lipinski definition) is 2. The number of benzene rings is 1. The minimum absolute atomic E-state index is 0.0361. The van der Waals surface area contributed by atoms with Crippen molar-refractivity contribution in [1.29, 1.82) is 0 Å². The monoisotopic (exact) mass is 300 g/mol. The van der Waals surface area contributed by atoms with E-state index in [1.54, 1.807) is 17.0 Å². The second-order valence-electron chi connectivity index (χ2n) is 4.46. The number of hydrogen-bond donors (Lipinski definition) is 1. The molecular formula is C13H14Cl2N2O2. The SMILES string of the molecule is CC(c1ccc(Cl)cc1Cl)N1CCC(=O)NCC1=O. The van der Waals surface area contributed by atoms with Crippen molar-refractivity contribution >= 4 is 35.0 Å². The standard InChI is InChI=1S/C13H14Cl2N2O2/c1-8(10-3-2-9(14)6-11(10)15)17-5-4-12(18)16-7-13(17)19/h2-3,6,8H,4-5,7H2,1H3,(H,16,18). The molecule has 1 aromatic carbocycles. The van der Waals surface area contributed by atoms with Crippen LogP contribution in [0.1, 0.15) is 24.9 Å². The van der Waals surface area contributed by atoms with Crippen LogP contribution in [0.4, 0.5) is 0 Å². The van der Waals surface area contributed by atoms with Crippen LogP contribution in [0.25, 0.3) is 0 Å². The predicted octanol–water partition coefficient (Wildman–Crippen LogP) is 2.40. The summed E-state index contributed by atoms with van der Waals surface area (Å²) < 4.78 is 0. The highest BCUT2D eigenvalue weighted by atomic mass is 35.5. The van der Waals surface area contributed by atoms with E-state index in [1.807, 2.05) is 13.0 Å². The molecule has 1 fully saturated rings. The molecule has 0 aromatic heterocycles. The average Bonchev–Trinajstić information content (AvgIpc) is 2.51. The topological polar surface area (TPSA) is 49.4 Å². The predicted molar refractivity (Wildman–Crippen MR) is 74.2 cm³/mol. The second kappa shape index (κ2) is 5.80. The Balaban J connectivity index is 2.24. The molecule has 6 heteroatoms. The summed E-state index contributed by atoms with van der Waals surface area (Å²) in [6.45, 7) is 2.32. The Morgan fingerprint density at radius 2 is 2.05 bits per heavy atom. The zero-order valence-electron chi connectivity index (χ0n) is 10.5. The van der Waals surface area contributed by atoms with E-state index in [0.29, 0.717) is 23.0 Å². The summed E-state index contributed by atoms with van der Waals surface area (Å²) in [6, 6.07) is 5.01.